The Balaban J connectivity index is 2.05. The van der Waals surface area contributed by atoms with E-state index in [0.29, 0.717) is 0 Å². The quantitative estimate of drug-likeness (QED) is 0.865. The molecule has 0 aliphatic carbocycles. The Morgan fingerprint density at radius 1 is 1.00 bits per heavy atom. The molecule has 4 nitrogen and oxygen atoms in total. The standard InChI is InChI=1S/C16H19N3O/c1-16(2,3)14-11-13(9-10-17-14)19-15(20)18-12-7-5-4-6-8-12/h4-11H,1-3H3,(H2,17,18,19,20). The summed E-state index contributed by atoms with van der Waals surface area (Å²) in [5.41, 5.74) is 2.39. The second kappa shape index (κ2) is 5.74. The summed E-state index contributed by atoms with van der Waals surface area (Å²) < 4.78 is 0. The summed E-state index contributed by atoms with van der Waals surface area (Å²) in [6.07, 6.45) is 1.71. The Bertz CT molecular complexity index is 588. The van der Waals surface area contributed by atoms with E-state index in [9.17, 15) is 4.79 Å². The van der Waals surface area contributed by atoms with E-state index in [4.69, 9.17) is 0 Å². The molecular formula is C16H19N3O. The number of pyridine rings is 1. The molecule has 0 aliphatic rings. The van der Waals surface area contributed by atoms with Crippen molar-refractivity contribution >= 4 is 17.4 Å². The van der Waals surface area contributed by atoms with Crippen molar-refractivity contribution in [3.63, 3.8) is 0 Å². The number of rotatable bonds is 2. The number of amides is 2. The summed E-state index contributed by atoms with van der Waals surface area (Å²) in [7, 11) is 0. The van der Waals surface area contributed by atoms with Crippen molar-refractivity contribution in [2.24, 2.45) is 0 Å². The van der Waals surface area contributed by atoms with Gasteiger partial charge in [0.25, 0.3) is 0 Å². The molecule has 4 heteroatoms. The lowest BCUT2D eigenvalue weighted by molar-refractivity contribution is 0.262. The minimum absolute atomic E-state index is 0.0480. The van der Waals surface area contributed by atoms with E-state index >= 15 is 0 Å². The predicted molar refractivity (Wildman–Crippen MR) is 82.0 cm³/mol. The van der Waals surface area contributed by atoms with Crippen LogP contribution < -0.4 is 10.6 Å². The first-order valence-electron chi connectivity index (χ1n) is 6.55. The number of benzene rings is 1. The number of hydrogen-bond donors (Lipinski definition) is 2. The van der Waals surface area contributed by atoms with Gasteiger partial charge in [-0.1, -0.05) is 39.0 Å². The van der Waals surface area contributed by atoms with Gasteiger partial charge in [-0.3, -0.25) is 4.98 Å². The maximum Gasteiger partial charge on any atom is 0.323 e. The van der Waals surface area contributed by atoms with Crippen LogP contribution in [0.25, 0.3) is 0 Å². The molecule has 0 bridgehead atoms. The largest absolute Gasteiger partial charge is 0.323 e. The molecule has 0 aliphatic heterocycles. The zero-order valence-electron chi connectivity index (χ0n) is 12.0. The molecule has 0 saturated heterocycles. The maximum atomic E-state index is 11.9. The van der Waals surface area contributed by atoms with Crippen LogP contribution in [0.5, 0.6) is 0 Å². The van der Waals surface area contributed by atoms with Gasteiger partial charge < -0.3 is 10.6 Å². The molecule has 1 aromatic heterocycles. The highest BCUT2D eigenvalue weighted by atomic mass is 16.2. The second-order valence-corrected chi connectivity index (χ2v) is 5.62. The van der Waals surface area contributed by atoms with Gasteiger partial charge in [0, 0.05) is 28.7 Å². The van der Waals surface area contributed by atoms with Crippen LogP contribution in [-0.4, -0.2) is 11.0 Å². The molecule has 0 spiro atoms. The van der Waals surface area contributed by atoms with E-state index in [1.165, 1.54) is 0 Å². The number of carbonyl (C=O) groups is 1. The summed E-state index contributed by atoms with van der Waals surface area (Å²) in [5.74, 6) is 0. The van der Waals surface area contributed by atoms with Gasteiger partial charge in [0.1, 0.15) is 0 Å². The van der Waals surface area contributed by atoms with Crippen molar-refractivity contribution in [2.45, 2.75) is 26.2 Å². The molecule has 2 aromatic rings. The first-order valence-corrected chi connectivity index (χ1v) is 6.55. The maximum absolute atomic E-state index is 11.9. The van der Waals surface area contributed by atoms with Crippen molar-refractivity contribution in [2.75, 3.05) is 10.6 Å². The van der Waals surface area contributed by atoms with Gasteiger partial charge in [-0.15, -0.1) is 0 Å². The third kappa shape index (κ3) is 3.82. The minimum atomic E-state index is -0.262. The van der Waals surface area contributed by atoms with Gasteiger partial charge >= 0.3 is 6.03 Å². The van der Waals surface area contributed by atoms with Crippen LogP contribution in [0.15, 0.2) is 48.7 Å². The average Bonchev–Trinajstić information content (AvgIpc) is 2.39. The van der Waals surface area contributed by atoms with Crippen LogP contribution in [0.2, 0.25) is 0 Å². The van der Waals surface area contributed by atoms with Gasteiger partial charge in [0.05, 0.1) is 0 Å². The minimum Gasteiger partial charge on any atom is -0.308 e. The monoisotopic (exact) mass is 269 g/mol. The number of anilines is 2. The highest BCUT2D eigenvalue weighted by Gasteiger charge is 2.15. The van der Waals surface area contributed by atoms with Gasteiger partial charge in [0.15, 0.2) is 0 Å². The molecule has 0 radical (unpaired) electrons. The van der Waals surface area contributed by atoms with Crippen molar-refractivity contribution in [3.05, 3.63) is 54.4 Å². The lowest BCUT2D eigenvalue weighted by Gasteiger charge is -2.18. The van der Waals surface area contributed by atoms with Gasteiger partial charge in [-0.05, 0) is 24.3 Å². The topological polar surface area (TPSA) is 54.0 Å². The van der Waals surface area contributed by atoms with Crippen molar-refractivity contribution in [3.8, 4) is 0 Å². The molecule has 2 N–H and O–H groups in total. The Kier molecular flexibility index (Phi) is 4.03. The SMILES string of the molecule is CC(C)(C)c1cc(NC(=O)Nc2ccccc2)ccn1. The van der Waals surface area contributed by atoms with Crippen LogP contribution in [-0.2, 0) is 5.41 Å². The summed E-state index contributed by atoms with van der Waals surface area (Å²) >= 11 is 0. The van der Waals surface area contributed by atoms with E-state index in [0.717, 1.165) is 17.1 Å². The van der Waals surface area contributed by atoms with Gasteiger partial charge in [-0.25, -0.2) is 4.79 Å². The molecule has 104 valence electrons. The summed E-state index contributed by atoms with van der Waals surface area (Å²) in [5, 5.41) is 5.59. The zero-order chi connectivity index (χ0) is 14.6. The number of aromatic nitrogens is 1. The van der Waals surface area contributed by atoms with Crippen molar-refractivity contribution in [1.29, 1.82) is 0 Å². The lowest BCUT2D eigenvalue weighted by Crippen LogP contribution is -2.20. The van der Waals surface area contributed by atoms with Crippen molar-refractivity contribution in [1.82, 2.24) is 4.98 Å². The fourth-order valence-electron chi connectivity index (χ4n) is 1.73. The van der Waals surface area contributed by atoms with Crippen LogP contribution in [0.4, 0.5) is 16.2 Å². The number of hydrogen-bond acceptors (Lipinski definition) is 2. The molecule has 2 amide bonds. The Morgan fingerprint density at radius 2 is 1.65 bits per heavy atom. The van der Waals surface area contributed by atoms with Crippen LogP contribution in [0.3, 0.4) is 0 Å². The number of carbonyl (C=O) groups excluding carboxylic acids is 1. The molecule has 0 atom stereocenters. The molecule has 2 rings (SSSR count). The van der Waals surface area contributed by atoms with E-state index in [2.05, 4.69) is 36.4 Å². The smallest absolute Gasteiger partial charge is 0.308 e. The summed E-state index contributed by atoms with van der Waals surface area (Å²) in [6, 6.07) is 12.7. The molecule has 0 saturated carbocycles. The van der Waals surface area contributed by atoms with Crippen LogP contribution >= 0.6 is 0 Å². The number of urea groups is 1. The molecular weight excluding hydrogens is 250 g/mol. The zero-order valence-corrected chi connectivity index (χ0v) is 12.0. The molecule has 0 fully saturated rings. The highest BCUT2D eigenvalue weighted by Crippen LogP contribution is 2.22. The Morgan fingerprint density at radius 3 is 2.30 bits per heavy atom. The van der Waals surface area contributed by atoms with Crippen molar-refractivity contribution < 1.29 is 4.79 Å². The fourth-order valence-corrected chi connectivity index (χ4v) is 1.73. The molecule has 1 heterocycles. The lowest BCUT2D eigenvalue weighted by atomic mass is 9.91. The molecule has 20 heavy (non-hydrogen) atoms. The summed E-state index contributed by atoms with van der Waals surface area (Å²) in [6.45, 7) is 6.26. The van der Waals surface area contributed by atoms with Gasteiger partial charge in [-0.2, -0.15) is 0 Å². The number of nitrogens with one attached hydrogen (secondary N) is 2. The fraction of sp³-hybridized carbons (Fsp3) is 0.250. The Hall–Kier alpha value is -2.36. The van der Waals surface area contributed by atoms with Crippen LogP contribution in [0, 0.1) is 0 Å². The number of nitrogens with zero attached hydrogens (tertiary/aromatic N) is 1. The molecule has 1 aromatic carbocycles. The molecule has 0 unspecified atom stereocenters. The van der Waals surface area contributed by atoms with E-state index in [1.807, 2.05) is 36.4 Å². The van der Waals surface area contributed by atoms with Gasteiger partial charge in [0.2, 0.25) is 0 Å². The predicted octanol–water partition coefficient (Wildman–Crippen LogP) is 4.02. The third-order valence-electron chi connectivity index (χ3n) is 2.82. The number of para-hydroxylation sites is 1. The van der Waals surface area contributed by atoms with E-state index < -0.39 is 0 Å². The average molecular weight is 269 g/mol. The first-order chi connectivity index (χ1) is 9.45. The Labute approximate surface area is 119 Å². The third-order valence-corrected chi connectivity index (χ3v) is 2.82. The second-order valence-electron chi connectivity index (χ2n) is 5.62. The normalized spacial score (nSPS) is 10.9. The highest BCUT2D eigenvalue weighted by molar-refractivity contribution is 5.99. The van der Waals surface area contributed by atoms with E-state index in [1.54, 1.807) is 12.3 Å². The first kappa shape index (κ1) is 14.1. The van der Waals surface area contributed by atoms with Crippen LogP contribution in [0.1, 0.15) is 26.5 Å². The van der Waals surface area contributed by atoms with E-state index in [-0.39, 0.29) is 11.4 Å². The summed E-state index contributed by atoms with van der Waals surface area (Å²) in [4.78, 5) is 16.2.